The van der Waals surface area contributed by atoms with Gasteiger partial charge in [0.05, 0.1) is 19.1 Å². The zero-order valence-electron chi connectivity index (χ0n) is 15.3. The Hall–Kier alpha value is -3.04. The molecule has 0 aliphatic rings. The van der Waals surface area contributed by atoms with Crippen molar-refractivity contribution in [3.8, 4) is 22.8 Å². The molecule has 27 heavy (non-hydrogen) atoms. The lowest BCUT2D eigenvalue weighted by Crippen LogP contribution is -2.09. The molecule has 2 aromatic rings. The third-order valence-electron chi connectivity index (χ3n) is 3.45. The summed E-state index contributed by atoms with van der Waals surface area (Å²) in [5, 5.41) is 11.6. The van der Waals surface area contributed by atoms with Crippen molar-refractivity contribution in [2.75, 3.05) is 34.9 Å². The Balaban J connectivity index is 2.56. The first-order valence-corrected chi connectivity index (χ1v) is 7.87. The number of carbonyl (C=O) groups is 1. The van der Waals surface area contributed by atoms with E-state index >= 15 is 0 Å². The van der Waals surface area contributed by atoms with E-state index in [1.54, 1.807) is 24.3 Å². The van der Waals surface area contributed by atoms with Crippen molar-refractivity contribution in [3.05, 3.63) is 35.6 Å². The fourth-order valence-electron chi connectivity index (χ4n) is 2.35. The summed E-state index contributed by atoms with van der Waals surface area (Å²) in [7, 11) is 4.29. The van der Waals surface area contributed by atoms with Crippen LogP contribution in [0.4, 0.5) is 0 Å². The van der Waals surface area contributed by atoms with Crippen LogP contribution in [0.25, 0.3) is 11.3 Å². The quantitative estimate of drug-likeness (QED) is 0.220. The van der Waals surface area contributed by atoms with Crippen LogP contribution >= 0.6 is 0 Å². The molecule has 1 N–H and O–H groups in total. The van der Waals surface area contributed by atoms with Crippen LogP contribution in [0.5, 0.6) is 11.5 Å². The van der Waals surface area contributed by atoms with Crippen molar-refractivity contribution in [2.45, 2.75) is 6.42 Å². The van der Waals surface area contributed by atoms with Gasteiger partial charge in [0.15, 0.2) is 13.6 Å². The van der Waals surface area contributed by atoms with Gasteiger partial charge in [-0.3, -0.25) is 4.79 Å². The SMILES string of the molecule is COCOc1cc(CC(=O)OC)c(-c2ccc(C=NO)o2)c(OCOC)c1. The molecular formula is C18H21NO8. The van der Waals surface area contributed by atoms with Gasteiger partial charge in [-0.1, -0.05) is 5.16 Å². The number of benzene rings is 1. The number of nitrogens with zero attached hydrogens (tertiary/aromatic N) is 1. The van der Waals surface area contributed by atoms with Crippen LogP contribution in [0.1, 0.15) is 11.3 Å². The summed E-state index contributed by atoms with van der Waals surface area (Å²) in [6.45, 7) is 0.00263. The van der Waals surface area contributed by atoms with Gasteiger partial charge in [0.1, 0.15) is 29.2 Å². The fraction of sp³-hybridized carbons (Fsp3) is 0.333. The van der Waals surface area contributed by atoms with Crippen LogP contribution in [-0.2, 0) is 25.4 Å². The Bertz CT molecular complexity index is 784. The van der Waals surface area contributed by atoms with E-state index in [4.69, 9.17) is 33.3 Å². The van der Waals surface area contributed by atoms with Gasteiger partial charge in [-0.15, -0.1) is 0 Å². The van der Waals surface area contributed by atoms with Gasteiger partial charge < -0.3 is 33.3 Å². The van der Waals surface area contributed by atoms with Crippen LogP contribution in [0.15, 0.2) is 33.8 Å². The standard InChI is InChI=1S/C18H21NO8/c1-22-10-25-14-6-12(7-17(20)24-3)18(16(8-14)26-11-23-2)15-5-4-13(27-15)9-19-21/h4-6,8-9,21H,7,10-11H2,1-3H3. The molecule has 1 aromatic heterocycles. The maximum Gasteiger partial charge on any atom is 0.310 e. The topological polar surface area (TPSA) is 109 Å². The summed E-state index contributed by atoms with van der Waals surface area (Å²) in [6, 6.07) is 6.60. The number of hydrogen-bond acceptors (Lipinski definition) is 9. The zero-order valence-corrected chi connectivity index (χ0v) is 15.3. The summed E-state index contributed by atoms with van der Waals surface area (Å²) in [5.41, 5.74) is 1.09. The van der Waals surface area contributed by atoms with Crippen molar-refractivity contribution in [1.82, 2.24) is 0 Å². The predicted molar refractivity (Wildman–Crippen MR) is 94.3 cm³/mol. The van der Waals surface area contributed by atoms with E-state index in [0.717, 1.165) is 6.21 Å². The van der Waals surface area contributed by atoms with Crippen LogP contribution < -0.4 is 9.47 Å². The molecule has 0 saturated heterocycles. The molecule has 0 atom stereocenters. The number of hydrogen-bond donors (Lipinski definition) is 1. The van der Waals surface area contributed by atoms with E-state index < -0.39 is 5.97 Å². The maximum atomic E-state index is 11.9. The van der Waals surface area contributed by atoms with Gasteiger partial charge in [0.25, 0.3) is 0 Å². The summed E-state index contributed by atoms with van der Waals surface area (Å²) in [4.78, 5) is 11.9. The number of oxime groups is 1. The number of esters is 1. The van der Waals surface area contributed by atoms with Crippen molar-refractivity contribution >= 4 is 12.2 Å². The van der Waals surface area contributed by atoms with Gasteiger partial charge in [-0.25, -0.2) is 0 Å². The molecule has 1 aromatic carbocycles. The first-order chi connectivity index (χ1) is 13.1. The number of carbonyl (C=O) groups excluding carboxylic acids is 1. The van der Waals surface area contributed by atoms with Gasteiger partial charge in [0, 0.05) is 20.3 Å². The molecule has 0 saturated carbocycles. The Kier molecular flexibility index (Phi) is 7.65. The average Bonchev–Trinajstić information content (AvgIpc) is 3.12. The third kappa shape index (κ3) is 5.47. The van der Waals surface area contributed by atoms with Crippen LogP contribution in [0.2, 0.25) is 0 Å². The number of furan rings is 1. The van der Waals surface area contributed by atoms with Crippen molar-refractivity contribution in [1.29, 1.82) is 0 Å². The molecule has 0 radical (unpaired) electrons. The molecule has 0 aliphatic heterocycles. The lowest BCUT2D eigenvalue weighted by molar-refractivity contribution is -0.139. The van der Waals surface area contributed by atoms with Crippen molar-refractivity contribution in [3.63, 3.8) is 0 Å². The molecule has 1 heterocycles. The van der Waals surface area contributed by atoms with E-state index in [1.807, 2.05) is 0 Å². The van der Waals surface area contributed by atoms with Gasteiger partial charge >= 0.3 is 5.97 Å². The molecule has 0 spiro atoms. The lowest BCUT2D eigenvalue weighted by Gasteiger charge is -2.16. The number of ether oxygens (including phenoxy) is 5. The Morgan fingerprint density at radius 1 is 1.15 bits per heavy atom. The second-order valence-electron chi connectivity index (χ2n) is 5.26. The Morgan fingerprint density at radius 2 is 1.89 bits per heavy atom. The molecule has 0 unspecified atom stereocenters. The smallest absolute Gasteiger partial charge is 0.310 e. The van der Waals surface area contributed by atoms with Crippen molar-refractivity contribution < 1.29 is 38.1 Å². The molecule has 146 valence electrons. The average molecular weight is 379 g/mol. The Labute approximate surface area is 156 Å². The highest BCUT2D eigenvalue weighted by molar-refractivity contribution is 5.82. The minimum absolute atomic E-state index is 0.0238. The summed E-state index contributed by atoms with van der Waals surface area (Å²) in [6.07, 6.45) is 1.11. The first-order valence-electron chi connectivity index (χ1n) is 7.87. The first kappa shape index (κ1) is 20.3. The highest BCUT2D eigenvalue weighted by atomic mass is 16.7. The molecule has 9 heteroatoms. The molecule has 0 aliphatic carbocycles. The van der Waals surface area contributed by atoms with E-state index in [9.17, 15) is 4.79 Å². The minimum Gasteiger partial charge on any atom is -0.469 e. The van der Waals surface area contributed by atoms with E-state index in [0.29, 0.717) is 34.1 Å². The fourth-order valence-corrected chi connectivity index (χ4v) is 2.35. The second kappa shape index (κ2) is 10.2. The summed E-state index contributed by atoms with van der Waals surface area (Å²) < 4.78 is 31.5. The van der Waals surface area contributed by atoms with E-state index in [-0.39, 0.29) is 20.0 Å². The van der Waals surface area contributed by atoms with Crippen LogP contribution in [0, 0.1) is 0 Å². The van der Waals surface area contributed by atoms with Crippen molar-refractivity contribution in [2.24, 2.45) is 5.16 Å². The monoisotopic (exact) mass is 379 g/mol. The highest BCUT2D eigenvalue weighted by Gasteiger charge is 2.20. The largest absolute Gasteiger partial charge is 0.469 e. The van der Waals surface area contributed by atoms with Gasteiger partial charge in [-0.2, -0.15) is 0 Å². The molecule has 0 amide bonds. The molecular weight excluding hydrogens is 358 g/mol. The predicted octanol–water partition coefficient (Wildman–Crippen LogP) is 2.44. The molecule has 0 fully saturated rings. The lowest BCUT2D eigenvalue weighted by atomic mass is 10.0. The van der Waals surface area contributed by atoms with Crippen LogP contribution in [-0.4, -0.2) is 52.3 Å². The minimum atomic E-state index is -0.443. The third-order valence-corrected chi connectivity index (χ3v) is 3.45. The Morgan fingerprint density at radius 3 is 2.56 bits per heavy atom. The molecule has 9 nitrogen and oxygen atoms in total. The normalized spacial score (nSPS) is 10.9. The zero-order chi connectivity index (χ0) is 19.6. The van der Waals surface area contributed by atoms with Gasteiger partial charge in [0.2, 0.25) is 0 Å². The van der Waals surface area contributed by atoms with Crippen LogP contribution in [0.3, 0.4) is 0 Å². The van der Waals surface area contributed by atoms with E-state index in [1.165, 1.54) is 21.3 Å². The highest BCUT2D eigenvalue weighted by Crippen LogP contribution is 2.38. The number of methoxy groups -OCH3 is 3. The molecule has 0 bridgehead atoms. The number of rotatable bonds is 10. The summed E-state index contributed by atoms with van der Waals surface area (Å²) in [5.74, 6) is 1.11. The maximum absolute atomic E-state index is 11.9. The molecule has 2 rings (SSSR count). The van der Waals surface area contributed by atoms with E-state index in [2.05, 4.69) is 5.16 Å². The summed E-state index contributed by atoms with van der Waals surface area (Å²) >= 11 is 0. The van der Waals surface area contributed by atoms with Gasteiger partial charge in [-0.05, 0) is 23.8 Å². The second-order valence-corrected chi connectivity index (χ2v) is 5.26.